The minimum atomic E-state index is 0.282. The molecule has 2 saturated carbocycles. The highest BCUT2D eigenvalue weighted by atomic mass is 16.5. The molecule has 0 saturated heterocycles. The van der Waals surface area contributed by atoms with E-state index in [-0.39, 0.29) is 5.41 Å². The van der Waals surface area contributed by atoms with Gasteiger partial charge in [-0.05, 0) is 56.3 Å². The zero-order valence-corrected chi connectivity index (χ0v) is 9.17. The van der Waals surface area contributed by atoms with E-state index < -0.39 is 0 Å². The molecule has 0 heterocycles. The van der Waals surface area contributed by atoms with Crippen molar-refractivity contribution in [3.63, 3.8) is 0 Å². The number of hydrogen-bond donors (Lipinski definition) is 1. The van der Waals surface area contributed by atoms with E-state index in [0.29, 0.717) is 6.61 Å². The summed E-state index contributed by atoms with van der Waals surface area (Å²) in [5, 5.41) is 9.47. The van der Waals surface area contributed by atoms with Crippen molar-refractivity contribution in [3.8, 4) is 0 Å². The molecule has 82 valence electrons. The second-order valence-electron chi connectivity index (χ2n) is 5.12. The van der Waals surface area contributed by atoms with Crippen LogP contribution in [0.1, 0.15) is 39.0 Å². The van der Waals surface area contributed by atoms with Gasteiger partial charge in [0.15, 0.2) is 0 Å². The molecular weight excluding hydrogens is 176 g/mol. The van der Waals surface area contributed by atoms with Crippen molar-refractivity contribution in [3.05, 3.63) is 0 Å². The first-order valence-corrected chi connectivity index (χ1v) is 5.98. The molecule has 2 aliphatic rings. The van der Waals surface area contributed by atoms with E-state index in [1.54, 1.807) is 0 Å². The molecule has 2 nitrogen and oxygen atoms in total. The fourth-order valence-corrected chi connectivity index (χ4v) is 3.11. The Labute approximate surface area is 86.6 Å². The zero-order chi connectivity index (χ0) is 10.0. The fraction of sp³-hybridized carbons (Fsp3) is 1.00. The van der Waals surface area contributed by atoms with Gasteiger partial charge >= 0.3 is 0 Å². The van der Waals surface area contributed by atoms with E-state index in [1.807, 2.05) is 6.92 Å². The highest BCUT2D eigenvalue weighted by Gasteiger charge is 2.52. The van der Waals surface area contributed by atoms with Crippen molar-refractivity contribution in [2.75, 3.05) is 19.8 Å². The maximum atomic E-state index is 9.47. The third-order valence-electron chi connectivity index (χ3n) is 3.99. The van der Waals surface area contributed by atoms with Gasteiger partial charge in [-0.25, -0.2) is 0 Å². The Morgan fingerprint density at radius 2 is 2.07 bits per heavy atom. The van der Waals surface area contributed by atoms with Gasteiger partial charge in [-0.1, -0.05) is 0 Å². The molecule has 2 aliphatic carbocycles. The normalized spacial score (nSPS) is 39.9. The highest BCUT2D eigenvalue weighted by Crippen LogP contribution is 2.61. The van der Waals surface area contributed by atoms with Crippen LogP contribution in [-0.4, -0.2) is 24.9 Å². The van der Waals surface area contributed by atoms with Crippen LogP contribution in [0.4, 0.5) is 0 Å². The molecule has 0 aliphatic heterocycles. The van der Waals surface area contributed by atoms with Crippen LogP contribution in [0, 0.1) is 17.3 Å². The Hall–Kier alpha value is -0.0800. The summed E-state index contributed by atoms with van der Waals surface area (Å²) in [6, 6.07) is 0. The Morgan fingerprint density at radius 1 is 1.36 bits per heavy atom. The van der Waals surface area contributed by atoms with Gasteiger partial charge < -0.3 is 9.84 Å². The minimum absolute atomic E-state index is 0.282. The Morgan fingerprint density at radius 3 is 2.64 bits per heavy atom. The Balaban J connectivity index is 1.70. The molecule has 0 amide bonds. The molecule has 2 rings (SSSR count). The second-order valence-corrected chi connectivity index (χ2v) is 5.12. The number of ether oxygens (including phenoxy) is 1. The molecule has 0 spiro atoms. The first-order chi connectivity index (χ1) is 6.79. The smallest absolute Gasteiger partial charge is 0.0487 e. The Bertz CT molecular complexity index is 181. The lowest BCUT2D eigenvalue weighted by molar-refractivity contribution is 0.0830. The Kier molecular flexibility index (Phi) is 3.13. The maximum absolute atomic E-state index is 9.47. The lowest BCUT2D eigenvalue weighted by atomic mass is 9.80. The molecule has 2 fully saturated rings. The maximum Gasteiger partial charge on any atom is 0.0487 e. The molecule has 0 aromatic rings. The summed E-state index contributed by atoms with van der Waals surface area (Å²) in [6.07, 6.45) is 6.28. The molecule has 0 bridgehead atoms. The van der Waals surface area contributed by atoms with Crippen LogP contribution in [0.3, 0.4) is 0 Å². The lowest BCUT2D eigenvalue weighted by Gasteiger charge is -2.28. The average Bonchev–Trinajstić information content (AvgIpc) is 2.82. The van der Waals surface area contributed by atoms with Crippen molar-refractivity contribution in [1.82, 2.24) is 0 Å². The molecule has 0 aromatic carbocycles. The number of aliphatic hydroxyl groups excluding tert-OH is 1. The fourth-order valence-electron chi connectivity index (χ4n) is 3.11. The van der Waals surface area contributed by atoms with Gasteiger partial charge in [-0.2, -0.15) is 0 Å². The molecular formula is C12H22O2. The highest BCUT2D eigenvalue weighted by molar-refractivity contribution is 5.02. The molecule has 0 radical (unpaired) electrons. The van der Waals surface area contributed by atoms with Gasteiger partial charge in [-0.3, -0.25) is 0 Å². The monoisotopic (exact) mass is 198 g/mol. The summed E-state index contributed by atoms with van der Waals surface area (Å²) in [4.78, 5) is 0. The third kappa shape index (κ3) is 2.12. The largest absolute Gasteiger partial charge is 0.396 e. The minimum Gasteiger partial charge on any atom is -0.396 e. The van der Waals surface area contributed by atoms with Crippen molar-refractivity contribution >= 4 is 0 Å². The van der Waals surface area contributed by atoms with Crippen LogP contribution in [0.2, 0.25) is 0 Å². The SMILES string of the molecule is CCOCCCC1(CO)CC2CC2C1. The van der Waals surface area contributed by atoms with Crippen LogP contribution in [0.5, 0.6) is 0 Å². The van der Waals surface area contributed by atoms with Crippen molar-refractivity contribution < 1.29 is 9.84 Å². The van der Waals surface area contributed by atoms with Crippen LogP contribution in [0.15, 0.2) is 0 Å². The van der Waals surface area contributed by atoms with Crippen molar-refractivity contribution in [2.45, 2.75) is 39.0 Å². The lowest BCUT2D eigenvalue weighted by Crippen LogP contribution is -2.24. The van der Waals surface area contributed by atoms with Gasteiger partial charge in [0.1, 0.15) is 0 Å². The summed E-state index contributed by atoms with van der Waals surface area (Å²) in [5.41, 5.74) is 0.282. The average molecular weight is 198 g/mol. The van der Waals surface area contributed by atoms with E-state index in [4.69, 9.17) is 4.74 Å². The number of fused-ring (bicyclic) bond motifs is 1. The van der Waals surface area contributed by atoms with Crippen LogP contribution in [0.25, 0.3) is 0 Å². The van der Waals surface area contributed by atoms with E-state index in [0.717, 1.165) is 37.9 Å². The van der Waals surface area contributed by atoms with E-state index >= 15 is 0 Å². The van der Waals surface area contributed by atoms with Crippen LogP contribution in [-0.2, 0) is 4.74 Å². The van der Waals surface area contributed by atoms with Crippen molar-refractivity contribution in [1.29, 1.82) is 0 Å². The second kappa shape index (κ2) is 4.19. The first kappa shape index (κ1) is 10.4. The molecule has 2 heteroatoms. The number of rotatable bonds is 6. The third-order valence-corrected chi connectivity index (χ3v) is 3.99. The summed E-state index contributed by atoms with van der Waals surface area (Å²) < 4.78 is 5.34. The van der Waals surface area contributed by atoms with Gasteiger partial charge in [0, 0.05) is 19.8 Å². The molecule has 0 aromatic heterocycles. The van der Waals surface area contributed by atoms with Gasteiger partial charge in [0.2, 0.25) is 0 Å². The van der Waals surface area contributed by atoms with Gasteiger partial charge in [0.25, 0.3) is 0 Å². The summed E-state index contributed by atoms with van der Waals surface area (Å²) >= 11 is 0. The van der Waals surface area contributed by atoms with E-state index in [2.05, 4.69) is 0 Å². The van der Waals surface area contributed by atoms with E-state index in [9.17, 15) is 5.11 Å². The van der Waals surface area contributed by atoms with Crippen molar-refractivity contribution in [2.24, 2.45) is 17.3 Å². The summed E-state index contributed by atoms with van der Waals surface area (Å²) in [6.45, 7) is 4.11. The van der Waals surface area contributed by atoms with Gasteiger partial charge in [-0.15, -0.1) is 0 Å². The topological polar surface area (TPSA) is 29.5 Å². The number of hydrogen-bond acceptors (Lipinski definition) is 2. The molecule has 1 N–H and O–H groups in total. The quantitative estimate of drug-likeness (QED) is 0.663. The summed E-state index contributed by atoms with van der Waals surface area (Å²) in [5.74, 6) is 1.93. The summed E-state index contributed by atoms with van der Waals surface area (Å²) in [7, 11) is 0. The standard InChI is InChI=1S/C12H22O2/c1-2-14-5-3-4-12(9-13)7-10-6-11(10)8-12/h10-11,13H,2-9H2,1H3. The predicted octanol–water partition coefficient (Wildman–Crippen LogP) is 2.21. The van der Waals surface area contributed by atoms with E-state index in [1.165, 1.54) is 19.3 Å². The van der Waals surface area contributed by atoms with Gasteiger partial charge in [0.05, 0.1) is 0 Å². The predicted molar refractivity (Wildman–Crippen MR) is 56.1 cm³/mol. The zero-order valence-electron chi connectivity index (χ0n) is 9.17. The van der Waals surface area contributed by atoms with Crippen LogP contribution >= 0.6 is 0 Å². The molecule has 2 unspecified atom stereocenters. The van der Waals surface area contributed by atoms with Crippen LogP contribution < -0.4 is 0 Å². The number of aliphatic hydroxyl groups is 1. The first-order valence-electron chi connectivity index (χ1n) is 5.98. The molecule has 14 heavy (non-hydrogen) atoms. The molecule has 2 atom stereocenters.